The van der Waals surface area contributed by atoms with E-state index in [1.807, 2.05) is 12.1 Å². The van der Waals surface area contributed by atoms with E-state index in [2.05, 4.69) is 6.07 Å². The van der Waals surface area contributed by atoms with Gasteiger partial charge in [0, 0.05) is 0 Å². The Kier molecular flexibility index (Phi) is 4.26. The van der Waals surface area contributed by atoms with Crippen LogP contribution in [-0.4, -0.2) is 20.3 Å². The molecule has 94 valence electrons. The van der Waals surface area contributed by atoms with Gasteiger partial charge in [0.2, 0.25) is 0 Å². The van der Waals surface area contributed by atoms with Gasteiger partial charge in [0.25, 0.3) is 0 Å². The molecule has 1 saturated carbocycles. The predicted molar refractivity (Wildman–Crippen MR) is 68.6 cm³/mol. The van der Waals surface area contributed by atoms with Crippen molar-refractivity contribution in [2.75, 3.05) is 20.3 Å². The maximum atomic E-state index is 5.94. The van der Waals surface area contributed by atoms with Gasteiger partial charge in [-0.3, -0.25) is 0 Å². The second-order valence-corrected chi connectivity index (χ2v) is 4.60. The molecule has 0 radical (unpaired) electrons. The highest BCUT2D eigenvalue weighted by Crippen LogP contribution is 2.34. The van der Waals surface area contributed by atoms with Crippen LogP contribution in [0.2, 0.25) is 0 Å². The Morgan fingerprint density at radius 1 is 1.35 bits per heavy atom. The lowest BCUT2D eigenvalue weighted by molar-refractivity contribution is 0.174. The molecule has 0 unspecified atom stereocenters. The number of benzene rings is 1. The number of nitrogens with two attached hydrogens (primary N) is 1. The predicted octanol–water partition coefficient (Wildman–Crippen LogP) is 2.38. The Bertz CT molecular complexity index is 361. The van der Waals surface area contributed by atoms with E-state index in [1.165, 1.54) is 19.3 Å². The molecule has 0 spiro atoms. The van der Waals surface area contributed by atoms with Crippen molar-refractivity contribution >= 4 is 0 Å². The molecule has 1 aliphatic carbocycles. The third-order valence-electron chi connectivity index (χ3n) is 3.38. The van der Waals surface area contributed by atoms with Crippen LogP contribution in [-0.2, 0) is 6.42 Å². The average Bonchev–Trinajstić information content (AvgIpc) is 2.29. The van der Waals surface area contributed by atoms with Gasteiger partial charge in [-0.1, -0.05) is 18.6 Å². The van der Waals surface area contributed by atoms with Gasteiger partial charge in [0.1, 0.15) is 0 Å². The molecule has 0 heterocycles. The SMILES string of the molecule is COc1cccc(CCN)c1OCC1CCC1. The molecule has 0 bridgehead atoms. The maximum Gasteiger partial charge on any atom is 0.164 e. The minimum Gasteiger partial charge on any atom is -0.493 e. The zero-order valence-corrected chi connectivity index (χ0v) is 10.4. The highest BCUT2D eigenvalue weighted by atomic mass is 16.5. The third kappa shape index (κ3) is 2.91. The molecule has 0 aromatic heterocycles. The van der Waals surface area contributed by atoms with Gasteiger partial charge >= 0.3 is 0 Å². The summed E-state index contributed by atoms with van der Waals surface area (Å²) in [5.74, 6) is 2.42. The van der Waals surface area contributed by atoms with Gasteiger partial charge in [0.05, 0.1) is 13.7 Å². The van der Waals surface area contributed by atoms with Crippen LogP contribution in [0.1, 0.15) is 24.8 Å². The molecule has 0 amide bonds. The van der Waals surface area contributed by atoms with Crippen molar-refractivity contribution < 1.29 is 9.47 Å². The van der Waals surface area contributed by atoms with Crippen molar-refractivity contribution in [3.8, 4) is 11.5 Å². The van der Waals surface area contributed by atoms with Crippen LogP contribution in [0.5, 0.6) is 11.5 Å². The van der Waals surface area contributed by atoms with Crippen molar-refractivity contribution in [2.24, 2.45) is 11.7 Å². The summed E-state index contributed by atoms with van der Waals surface area (Å²) in [6.45, 7) is 1.44. The number of ether oxygens (including phenoxy) is 2. The van der Waals surface area contributed by atoms with E-state index in [9.17, 15) is 0 Å². The summed E-state index contributed by atoms with van der Waals surface area (Å²) in [4.78, 5) is 0. The first-order valence-corrected chi connectivity index (χ1v) is 6.34. The van der Waals surface area contributed by atoms with Crippen LogP contribution in [0, 0.1) is 5.92 Å². The molecule has 17 heavy (non-hydrogen) atoms. The van der Waals surface area contributed by atoms with Crippen LogP contribution in [0.4, 0.5) is 0 Å². The quantitative estimate of drug-likeness (QED) is 0.823. The molecule has 2 N–H and O–H groups in total. The zero-order chi connectivity index (χ0) is 12.1. The molecule has 1 aromatic carbocycles. The van der Waals surface area contributed by atoms with Crippen LogP contribution >= 0.6 is 0 Å². The highest BCUT2D eigenvalue weighted by molar-refractivity contribution is 5.46. The van der Waals surface area contributed by atoms with Crippen molar-refractivity contribution in [3.63, 3.8) is 0 Å². The Hall–Kier alpha value is -1.22. The average molecular weight is 235 g/mol. The summed E-state index contributed by atoms with van der Waals surface area (Å²) >= 11 is 0. The first-order chi connectivity index (χ1) is 8.35. The lowest BCUT2D eigenvalue weighted by Gasteiger charge is -2.26. The molecular weight excluding hydrogens is 214 g/mol. The summed E-state index contributed by atoms with van der Waals surface area (Å²) in [7, 11) is 1.68. The molecular formula is C14H21NO2. The zero-order valence-electron chi connectivity index (χ0n) is 10.4. The highest BCUT2D eigenvalue weighted by Gasteiger charge is 2.19. The fourth-order valence-electron chi connectivity index (χ4n) is 2.10. The third-order valence-corrected chi connectivity index (χ3v) is 3.38. The summed E-state index contributed by atoms with van der Waals surface area (Å²) < 4.78 is 11.3. The van der Waals surface area contributed by atoms with Gasteiger partial charge < -0.3 is 15.2 Å². The standard InChI is InChI=1S/C14H21NO2/c1-16-13-7-3-6-12(8-9-15)14(13)17-10-11-4-2-5-11/h3,6-7,11H,2,4-5,8-10,15H2,1H3. The monoisotopic (exact) mass is 235 g/mol. The Morgan fingerprint density at radius 2 is 2.18 bits per heavy atom. The van der Waals surface area contributed by atoms with Gasteiger partial charge in [-0.05, 0) is 43.4 Å². The molecule has 1 fully saturated rings. The Morgan fingerprint density at radius 3 is 2.76 bits per heavy atom. The number of methoxy groups -OCH3 is 1. The fraction of sp³-hybridized carbons (Fsp3) is 0.571. The molecule has 0 aliphatic heterocycles. The number of rotatable bonds is 6. The molecule has 0 atom stereocenters. The maximum absolute atomic E-state index is 5.94. The van der Waals surface area contributed by atoms with E-state index < -0.39 is 0 Å². The van der Waals surface area contributed by atoms with Crippen LogP contribution < -0.4 is 15.2 Å². The molecule has 3 nitrogen and oxygen atoms in total. The normalized spacial score (nSPS) is 15.4. The summed E-state index contributed by atoms with van der Waals surface area (Å²) in [5, 5.41) is 0. The van der Waals surface area contributed by atoms with E-state index >= 15 is 0 Å². The van der Waals surface area contributed by atoms with E-state index in [1.54, 1.807) is 7.11 Å². The van der Waals surface area contributed by atoms with Gasteiger partial charge in [-0.25, -0.2) is 0 Å². The number of hydrogen-bond donors (Lipinski definition) is 1. The van der Waals surface area contributed by atoms with Crippen LogP contribution in [0.25, 0.3) is 0 Å². The summed E-state index contributed by atoms with van der Waals surface area (Å²) in [6, 6.07) is 5.99. The Balaban J connectivity index is 2.08. The minimum atomic E-state index is 0.632. The van der Waals surface area contributed by atoms with E-state index in [0.717, 1.165) is 36.0 Å². The van der Waals surface area contributed by atoms with Crippen molar-refractivity contribution in [3.05, 3.63) is 23.8 Å². The number of hydrogen-bond acceptors (Lipinski definition) is 3. The largest absolute Gasteiger partial charge is 0.493 e. The minimum absolute atomic E-state index is 0.632. The summed E-state index contributed by atoms with van der Waals surface area (Å²) in [5.41, 5.74) is 6.76. The number of para-hydroxylation sites is 1. The smallest absolute Gasteiger partial charge is 0.164 e. The molecule has 2 rings (SSSR count). The van der Waals surface area contributed by atoms with Crippen molar-refractivity contribution in [1.82, 2.24) is 0 Å². The molecule has 1 aromatic rings. The topological polar surface area (TPSA) is 44.5 Å². The second kappa shape index (κ2) is 5.92. The first kappa shape index (κ1) is 12.2. The summed E-state index contributed by atoms with van der Waals surface area (Å²) in [6.07, 6.45) is 4.76. The lowest BCUT2D eigenvalue weighted by atomic mass is 9.86. The van der Waals surface area contributed by atoms with E-state index in [0.29, 0.717) is 6.54 Å². The molecule has 1 aliphatic rings. The Labute approximate surface area is 103 Å². The van der Waals surface area contributed by atoms with Gasteiger partial charge in [0.15, 0.2) is 11.5 Å². The lowest BCUT2D eigenvalue weighted by Crippen LogP contribution is -2.20. The van der Waals surface area contributed by atoms with Gasteiger partial charge in [-0.2, -0.15) is 0 Å². The van der Waals surface area contributed by atoms with E-state index in [4.69, 9.17) is 15.2 Å². The van der Waals surface area contributed by atoms with Crippen LogP contribution in [0.15, 0.2) is 18.2 Å². The molecule has 3 heteroatoms. The van der Waals surface area contributed by atoms with Crippen LogP contribution in [0.3, 0.4) is 0 Å². The first-order valence-electron chi connectivity index (χ1n) is 6.34. The fourth-order valence-corrected chi connectivity index (χ4v) is 2.10. The van der Waals surface area contributed by atoms with Crippen molar-refractivity contribution in [2.45, 2.75) is 25.7 Å². The molecule has 0 saturated heterocycles. The van der Waals surface area contributed by atoms with E-state index in [-0.39, 0.29) is 0 Å². The second-order valence-electron chi connectivity index (χ2n) is 4.60. The van der Waals surface area contributed by atoms with Crippen molar-refractivity contribution in [1.29, 1.82) is 0 Å². The van der Waals surface area contributed by atoms with Gasteiger partial charge in [-0.15, -0.1) is 0 Å².